The van der Waals surface area contributed by atoms with Crippen molar-refractivity contribution < 1.29 is 5.11 Å². The number of aliphatic hydroxyl groups is 1. The average molecular weight is 198 g/mol. The van der Waals surface area contributed by atoms with Crippen molar-refractivity contribution >= 4 is 11.5 Å². The number of hydrogen-bond donors (Lipinski definition) is 2. The minimum absolute atomic E-state index is 0.494. The molecule has 0 unspecified atom stereocenters. The van der Waals surface area contributed by atoms with Gasteiger partial charge in [0.1, 0.15) is 0 Å². The molecule has 14 heavy (non-hydrogen) atoms. The van der Waals surface area contributed by atoms with Crippen molar-refractivity contribution in [1.29, 1.82) is 0 Å². The van der Waals surface area contributed by atoms with Gasteiger partial charge in [-0.1, -0.05) is 0 Å². The molecular formula is C9H18N4O. The molecule has 1 aromatic rings. The minimum Gasteiger partial charge on any atom is -0.394 e. The third kappa shape index (κ3) is 2.63. The summed E-state index contributed by atoms with van der Waals surface area (Å²) in [6.07, 6.45) is 1.75. The molecule has 0 aromatic carbocycles. The van der Waals surface area contributed by atoms with Crippen LogP contribution in [-0.4, -0.2) is 34.1 Å². The summed E-state index contributed by atoms with van der Waals surface area (Å²) in [5.41, 5.74) is 5.63. The van der Waals surface area contributed by atoms with Gasteiger partial charge in [-0.2, -0.15) is 5.10 Å². The van der Waals surface area contributed by atoms with Crippen LogP contribution in [0.1, 0.15) is 13.8 Å². The fraction of sp³-hybridized carbons (Fsp3) is 0.667. The Hall–Kier alpha value is -1.23. The molecule has 0 saturated heterocycles. The van der Waals surface area contributed by atoms with Crippen LogP contribution in [0.4, 0.5) is 11.5 Å². The first-order valence-electron chi connectivity index (χ1n) is 4.52. The van der Waals surface area contributed by atoms with E-state index in [0.717, 1.165) is 0 Å². The first-order chi connectivity index (χ1) is 6.29. The maximum Gasteiger partial charge on any atom is 0.173 e. The van der Waals surface area contributed by atoms with E-state index in [-0.39, 0.29) is 0 Å². The molecule has 0 saturated carbocycles. The number of anilines is 2. The second-order valence-corrected chi connectivity index (χ2v) is 4.25. The Bertz CT molecular complexity index is 313. The molecule has 3 N–H and O–H groups in total. The molecule has 0 bridgehead atoms. The number of hydrogen-bond acceptors (Lipinski definition) is 4. The van der Waals surface area contributed by atoms with E-state index in [4.69, 9.17) is 5.73 Å². The zero-order chi connectivity index (χ0) is 10.9. The SMILES string of the molecule is CN(CC(C)(C)O)c1nn(C)cc1N. The highest BCUT2D eigenvalue weighted by atomic mass is 16.3. The van der Waals surface area contributed by atoms with Gasteiger partial charge in [-0.3, -0.25) is 4.68 Å². The van der Waals surface area contributed by atoms with Gasteiger partial charge in [-0.05, 0) is 13.8 Å². The van der Waals surface area contributed by atoms with E-state index >= 15 is 0 Å². The Kier molecular flexibility index (Phi) is 2.71. The summed E-state index contributed by atoms with van der Waals surface area (Å²) in [7, 11) is 3.68. The van der Waals surface area contributed by atoms with Crippen LogP contribution in [0.15, 0.2) is 6.20 Å². The maximum absolute atomic E-state index is 9.63. The number of aromatic nitrogens is 2. The number of rotatable bonds is 3. The lowest BCUT2D eigenvalue weighted by Crippen LogP contribution is -2.36. The van der Waals surface area contributed by atoms with Crippen molar-refractivity contribution in [2.24, 2.45) is 7.05 Å². The molecule has 1 aromatic heterocycles. The lowest BCUT2D eigenvalue weighted by atomic mass is 10.1. The van der Waals surface area contributed by atoms with Gasteiger partial charge in [-0.25, -0.2) is 0 Å². The van der Waals surface area contributed by atoms with Crippen molar-refractivity contribution in [1.82, 2.24) is 9.78 Å². The average Bonchev–Trinajstić information content (AvgIpc) is 2.26. The molecule has 0 aliphatic carbocycles. The van der Waals surface area contributed by atoms with Crippen molar-refractivity contribution in [3.8, 4) is 0 Å². The lowest BCUT2D eigenvalue weighted by molar-refractivity contribution is 0.0884. The predicted molar refractivity (Wildman–Crippen MR) is 57.2 cm³/mol. The standard InChI is InChI=1S/C9H18N4O/c1-9(2,14)6-12(3)8-7(10)5-13(4)11-8/h5,14H,6,10H2,1-4H3. The molecule has 80 valence electrons. The van der Waals surface area contributed by atoms with Gasteiger partial charge >= 0.3 is 0 Å². The van der Waals surface area contributed by atoms with Crippen molar-refractivity contribution in [2.75, 3.05) is 24.2 Å². The van der Waals surface area contributed by atoms with Crippen LogP contribution in [0.2, 0.25) is 0 Å². The normalized spacial score (nSPS) is 11.8. The molecule has 5 nitrogen and oxygen atoms in total. The Morgan fingerprint density at radius 3 is 2.57 bits per heavy atom. The first kappa shape index (κ1) is 10.8. The van der Waals surface area contributed by atoms with E-state index in [2.05, 4.69) is 5.10 Å². The van der Waals surface area contributed by atoms with E-state index in [1.165, 1.54) is 0 Å². The maximum atomic E-state index is 9.63. The van der Waals surface area contributed by atoms with E-state index in [1.807, 2.05) is 19.0 Å². The van der Waals surface area contributed by atoms with Crippen LogP contribution < -0.4 is 10.6 Å². The molecule has 0 aliphatic heterocycles. The zero-order valence-electron chi connectivity index (χ0n) is 9.15. The molecule has 1 heterocycles. The Balaban J connectivity index is 2.79. The van der Waals surface area contributed by atoms with Crippen LogP contribution in [0.25, 0.3) is 0 Å². The molecule has 0 radical (unpaired) electrons. The van der Waals surface area contributed by atoms with Gasteiger partial charge in [0.25, 0.3) is 0 Å². The second kappa shape index (κ2) is 3.49. The third-order valence-electron chi connectivity index (χ3n) is 1.82. The molecular weight excluding hydrogens is 180 g/mol. The van der Waals surface area contributed by atoms with Crippen LogP contribution >= 0.6 is 0 Å². The Morgan fingerprint density at radius 2 is 2.21 bits per heavy atom. The molecule has 0 amide bonds. The van der Waals surface area contributed by atoms with Crippen LogP contribution in [0.5, 0.6) is 0 Å². The second-order valence-electron chi connectivity index (χ2n) is 4.25. The molecule has 0 spiro atoms. The van der Waals surface area contributed by atoms with Crippen molar-refractivity contribution in [2.45, 2.75) is 19.4 Å². The summed E-state index contributed by atoms with van der Waals surface area (Å²) in [4.78, 5) is 1.84. The van der Waals surface area contributed by atoms with Gasteiger partial charge in [0.2, 0.25) is 0 Å². The summed E-state index contributed by atoms with van der Waals surface area (Å²) in [6, 6.07) is 0. The topological polar surface area (TPSA) is 67.3 Å². The van der Waals surface area contributed by atoms with Crippen molar-refractivity contribution in [3.05, 3.63) is 6.20 Å². The summed E-state index contributed by atoms with van der Waals surface area (Å²) in [5.74, 6) is 0.703. The van der Waals surface area contributed by atoms with Gasteiger partial charge in [0, 0.05) is 26.8 Å². The highest BCUT2D eigenvalue weighted by Crippen LogP contribution is 2.20. The van der Waals surface area contributed by atoms with Gasteiger partial charge in [0.05, 0.1) is 11.3 Å². The number of nitrogens with two attached hydrogens (primary N) is 1. The predicted octanol–water partition coefficient (Wildman–Crippen LogP) is 0.209. The Labute approximate surface area is 84.1 Å². The number of aryl methyl sites for hydroxylation is 1. The highest BCUT2D eigenvalue weighted by Gasteiger charge is 2.18. The monoisotopic (exact) mass is 198 g/mol. The molecule has 0 fully saturated rings. The summed E-state index contributed by atoms with van der Waals surface area (Å²) in [5, 5.41) is 13.8. The van der Waals surface area contributed by atoms with Crippen LogP contribution in [-0.2, 0) is 7.05 Å². The summed E-state index contributed by atoms with van der Waals surface area (Å²) < 4.78 is 1.66. The van der Waals surface area contributed by atoms with E-state index in [0.29, 0.717) is 18.1 Å². The largest absolute Gasteiger partial charge is 0.394 e. The Morgan fingerprint density at radius 1 is 1.64 bits per heavy atom. The number of nitrogen functional groups attached to an aromatic ring is 1. The van der Waals surface area contributed by atoms with Gasteiger partial charge in [-0.15, -0.1) is 0 Å². The molecule has 0 atom stereocenters. The van der Waals surface area contributed by atoms with E-state index in [1.54, 1.807) is 24.7 Å². The highest BCUT2D eigenvalue weighted by molar-refractivity contribution is 5.61. The fourth-order valence-electron chi connectivity index (χ4n) is 1.45. The quantitative estimate of drug-likeness (QED) is 0.728. The summed E-state index contributed by atoms with van der Waals surface area (Å²) in [6.45, 7) is 4.00. The smallest absolute Gasteiger partial charge is 0.173 e. The number of likely N-dealkylation sites (N-methyl/N-ethyl adjacent to an activating group) is 1. The van der Waals surface area contributed by atoms with Gasteiger partial charge < -0.3 is 15.7 Å². The minimum atomic E-state index is -0.751. The third-order valence-corrected chi connectivity index (χ3v) is 1.82. The first-order valence-corrected chi connectivity index (χ1v) is 4.52. The van der Waals surface area contributed by atoms with Crippen molar-refractivity contribution in [3.63, 3.8) is 0 Å². The molecule has 1 rings (SSSR count). The molecule has 0 aliphatic rings. The van der Waals surface area contributed by atoms with Gasteiger partial charge in [0.15, 0.2) is 5.82 Å². The van der Waals surface area contributed by atoms with E-state index < -0.39 is 5.60 Å². The van der Waals surface area contributed by atoms with E-state index in [9.17, 15) is 5.11 Å². The zero-order valence-corrected chi connectivity index (χ0v) is 9.15. The van der Waals surface area contributed by atoms with Crippen LogP contribution in [0, 0.1) is 0 Å². The number of nitrogens with zero attached hydrogens (tertiary/aromatic N) is 3. The summed E-state index contributed by atoms with van der Waals surface area (Å²) >= 11 is 0. The van der Waals surface area contributed by atoms with Crippen LogP contribution in [0.3, 0.4) is 0 Å². The molecule has 5 heteroatoms. The fourth-order valence-corrected chi connectivity index (χ4v) is 1.45. The lowest BCUT2D eigenvalue weighted by Gasteiger charge is -2.25.